The molecule has 1 heterocycles. The fourth-order valence-electron chi connectivity index (χ4n) is 2.25. The van der Waals surface area contributed by atoms with Gasteiger partial charge < -0.3 is 5.11 Å². The van der Waals surface area contributed by atoms with Crippen LogP contribution in [0.1, 0.15) is 12.8 Å². The fraction of sp³-hybridized carbons (Fsp3) is 0.455. The Bertz CT molecular complexity index is 634. The average molecular weight is 304 g/mol. The number of hydrogen-bond donors (Lipinski definition) is 1. The van der Waals surface area contributed by atoms with Gasteiger partial charge in [-0.1, -0.05) is 0 Å². The van der Waals surface area contributed by atoms with E-state index in [9.17, 15) is 22.9 Å². The molecular formula is C11H13FN2O5S. The van der Waals surface area contributed by atoms with Crippen molar-refractivity contribution >= 4 is 15.7 Å². The minimum absolute atomic E-state index is 0.198. The Labute approximate surface area is 114 Å². The lowest BCUT2D eigenvalue weighted by Gasteiger charge is -2.22. The molecule has 1 aliphatic rings. The van der Waals surface area contributed by atoms with E-state index in [2.05, 4.69) is 0 Å². The van der Waals surface area contributed by atoms with E-state index in [0.29, 0.717) is 18.9 Å². The molecule has 1 aromatic carbocycles. The summed E-state index contributed by atoms with van der Waals surface area (Å²) in [6.45, 7) is -0.141. The molecule has 0 radical (unpaired) electrons. The van der Waals surface area contributed by atoms with E-state index in [0.717, 1.165) is 16.4 Å². The van der Waals surface area contributed by atoms with Crippen LogP contribution in [0.3, 0.4) is 0 Å². The highest BCUT2D eigenvalue weighted by molar-refractivity contribution is 7.89. The molecule has 0 aromatic heterocycles. The summed E-state index contributed by atoms with van der Waals surface area (Å²) in [6.07, 6.45) is 1.09. The molecule has 0 spiro atoms. The quantitative estimate of drug-likeness (QED) is 0.657. The predicted octanol–water partition coefficient (Wildman–Crippen LogP) is 0.879. The molecule has 1 fully saturated rings. The van der Waals surface area contributed by atoms with E-state index in [4.69, 9.17) is 5.11 Å². The maximum absolute atomic E-state index is 13.8. The summed E-state index contributed by atoms with van der Waals surface area (Å²) in [7, 11) is -4.10. The second-order valence-electron chi connectivity index (χ2n) is 4.47. The van der Waals surface area contributed by atoms with Crippen LogP contribution in [0.2, 0.25) is 0 Å². The Morgan fingerprint density at radius 1 is 1.50 bits per heavy atom. The van der Waals surface area contributed by atoms with Crippen LogP contribution in [0, 0.1) is 15.9 Å². The standard InChI is InChI=1S/C11H13FN2O5S/c12-10-6-8(14(16)17)3-4-11(10)20(18,19)13-5-1-2-9(13)7-15/h3-4,6,9,15H,1-2,5,7H2/t9-/m1/s1. The van der Waals surface area contributed by atoms with Crippen LogP contribution in [0.25, 0.3) is 0 Å². The lowest BCUT2D eigenvalue weighted by Crippen LogP contribution is -2.37. The zero-order chi connectivity index (χ0) is 14.9. The molecule has 0 amide bonds. The topological polar surface area (TPSA) is 101 Å². The van der Waals surface area contributed by atoms with Crippen molar-refractivity contribution in [3.05, 3.63) is 34.1 Å². The van der Waals surface area contributed by atoms with Crippen molar-refractivity contribution in [2.75, 3.05) is 13.2 Å². The molecule has 1 N–H and O–H groups in total. The first-order valence-electron chi connectivity index (χ1n) is 5.94. The van der Waals surface area contributed by atoms with Crippen LogP contribution in [-0.4, -0.2) is 41.9 Å². The Morgan fingerprint density at radius 3 is 2.75 bits per heavy atom. The highest BCUT2D eigenvalue weighted by Gasteiger charge is 2.36. The van der Waals surface area contributed by atoms with Crippen LogP contribution >= 0.6 is 0 Å². The van der Waals surface area contributed by atoms with Gasteiger partial charge in [-0.2, -0.15) is 4.31 Å². The zero-order valence-corrected chi connectivity index (χ0v) is 11.2. The average Bonchev–Trinajstić information content (AvgIpc) is 2.87. The highest BCUT2D eigenvalue weighted by Crippen LogP contribution is 2.28. The number of sulfonamides is 1. The molecule has 2 rings (SSSR count). The monoisotopic (exact) mass is 304 g/mol. The number of rotatable bonds is 4. The lowest BCUT2D eigenvalue weighted by molar-refractivity contribution is -0.385. The van der Waals surface area contributed by atoms with E-state index in [-0.39, 0.29) is 13.2 Å². The Morgan fingerprint density at radius 2 is 2.20 bits per heavy atom. The third-order valence-corrected chi connectivity index (χ3v) is 5.23. The predicted molar refractivity (Wildman–Crippen MR) is 67.1 cm³/mol. The van der Waals surface area contributed by atoms with Crippen molar-refractivity contribution in [2.45, 2.75) is 23.8 Å². The van der Waals surface area contributed by atoms with Crippen LogP contribution in [0.4, 0.5) is 10.1 Å². The van der Waals surface area contributed by atoms with E-state index in [1.165, 1.54) is 0 Å². The maximum atomic E-state index is 13.8. The largest absolute Gasteiger partial charge is 0.395 e. The molecule has 1 aromatic rings. The SMILES string of the molecule is O=[N+]([O-])c1ccc(S(=O)(=O)N2CCC[C@@H]2CO)c(F)c1. The van der Waals surface area contributed by atoms with Crippen LogP contribution in [-0.2, 0) is 10.0 Å². The Balaban J connectivity index is 2.42. The summed E-state index contributed by atoms with van der Waals surface area (Å²) < 4.78 is 39.5. The normalized spacial score (nSPS) is 20.2. The van der Waals surface area contributed by atoms with Gasteiger partial charge in [-0.15, -0.1) is 0 Å². The molecule has 0 aliphatic carbocycles. The number of nitrogens with zero attached hydrogens (tertiary/aromatic N) is 2. The van der Waals surface area contributed by atoms with Crippen molar-refractivity contribution < 1.29 is 22.8 Å². The molecule has 1 atom stereocenters. The van der Waals surface area contributed by atoms with Crippen molar-refractivity contribution in [3.8, 4) is 0 Å². The van der Waals surface area contributed by atoms with Gasteiger partial charge >= 0.3 is 0 Å². The highest BCUT2D eigenvalue weighted by atomic mass is 32.2. The van der Waals surface area contributed by atoms with Gasteiger partial charge in [0.15, 0.2) is 0 Å². The summed E-state index contributed by atoms with van der Waals surface area (Å²) in [6, 6.07) is 1.83. The number of halogens is 1. The van der Waals surface area contributed by atoms with E-state index in [1.807, 2.05) is 0 Å². The third-order valence-electron chi connectivity index (χ3n) is 3.25. The Kier molecular flexibility index (Phi) is 4.02. The lowest BCUT2D eigenvalue weighted by atomic mass is 10.2. The van der Waals surface area contributed by atoms with Gasteiger partial charge in [-0.3, -0.25) is 10.1 Å². The molecule has 20 heavy (non-hydrogen) atoms. The number of nitro benzene ring substituents is 1. The maximum Gasteiger partial charge on any atom is 0.272 e. The number of hydrogen-bond acceptors (Lipinski definition) is 5. The molecular weight excluding hydrogens is 291 g/mol. The van der Waals surface area contributed by atoms with Gasteiger partial charge in [-0.25, -0.2) is 12.8 Å². The molecule has 1 aliphatic heterocycles. The van der Waals surface area contributed by atoms with Gasteiger partial charge in [0.25, 0.3) is 5.69 Å². The first kappa shape index (κ1) is 14.8. The van der Waals surface area contributed by atoms with Gasteiger partial charge in [0.1, 0.15) is 10.7 Å². The number of nitro groups is 1. The number of non-ortho nitro benzene ring substituents is 1. The van der Waals surface area contributed by atoms with E-state index < -0.39 is 37.4 Å². The van der Waals surface area contributed by atoms with Gasteiger partial charge in [0, 0.05) is 18.7 Å². The Hall–Kier alpha value is -1.58. The number of aliphatic hydroxyl groups is 1. The van der Waals surface area contributed by atoms with Crippen molar-refractivity contribution in [2.24, 2.45) is 0 Å². The molecule has 110 valence electrons. The molecule has 0 saturated carbocycles. The second kappa shape index (κ2) is 5.43. The van der Waals surface area contributed by atoms with Crippen molar-refractivity contribution in [1.29, 1.82) is 0 Å². The van der Waals surface area contributed by atoms with Gasteiger partial charge in [0.05, 0.1) is 17.6 Å². The molecule has 0 unspecified atom stereocenters. The van der Waals surface area contributed by atoms with Crippen molar-refractivity contribution in [3.63, 3.8) is 0 Å². The number of aliphatic hydroxyl groups excluding tert-OH is 1. The molecule has 7 nitrogen and oxygen atoms in total. The summed E-state index contributed by atoms with van der Waals surface area (Å²) in [4.78, 5) is 9.11. The van der Waals surface area contributed by atoms with Crippen LogP contribution in [0.5, 0.6) is 0 Å². The third kappa shape index (κ3) is 2.51. The minimum atomic E-state index is -4.10. The van der Waals surface area contributed by atoms with Gasteiger partial charge in [-0.05, 0) is 18.9 Å². The summed E-state index contributed by atoms with van der Waals surface area (Å²) in [5.74, 6) is -1.16. The minimum Gasteiger partial charge on any atom is -0.395 e. The first-order valence-corrected chi connectivity index (χ1v) is 7.38. The van der Waals surface area contributed by atoms with Crippen LogP contribution < -0.4 is 0 Å². The van der Waals surface area contributed by atoms with Crippen molar-refractivity contribution in [1.82, 2.24) is 4.31 Å². The fourth-order valence-corrected chi connectivity index (χ4v) is 3.98. The summed E-state index contributed by atoms with van der Waals surface area (Å²) in [5, 5.41) is 19.7. The molecule has 1 saturated heterocycles. The van der Waals surface area contributed by atoms with E-state index >= 15 is 0 Å². The van der Waals surface area contributed by atoms with Gasteiger partial charge in [0.2, 0.25) is 10.0 Å². The smallest absolute Gasteiger partial charge is 0.272 e. The second-order valence-corrected chi connectivity index (χ2v) is 6.33. The molecule has 0 bridgehead atoms. The first-order chi connectivity index (χ1) is 9.37. The zero-order valence-electron chi connectivity index (χ0n) is 10.4. The van der Waals surface area contributed by atoms with Crippen LogP contribution in [0.15, 0.2) is 23.1 Å². The summed E-state index contributed by atoms with van der Waals surface area (Å²) >= 11 is 0. The van der Waals surface area contributed by atoms with E-state index in [1.54, 1.807) is 0 Å². The number of benzene rings is 1. The summed E-state index contributed by atoms with van der Waals surface area (Å²) in [5.41, 5.74) is -0.512. The molecule has 9 heteroatoms.